The molecule has 0 radical (unpaired) electrons. The molecular weight excluding hydrogens is 204 g/mol. The number of aliphatic hydroxyl groups excluding tert-OH is 1. The predicted molar refractivity (Wildman–Crippen MR) is 61.6 cm³/mol. The molecule has 5 nitrogen and oxygen atoms in total. The average Bonchev–Trinajstić information content (AvgIpc) is 2.75. The van der Waals surface area contributed by atoms with E-state index in [4.69, 9.17) is 10.8 Å². The van der Waals surface area contributed by atoms with Crippen LogP contribution in [0.5, 0.6) is 0 Å². The maximum Gasteiger partial charge on any atom is 0.0885 e. The van der Waals surface area contributed by atoms with Gasteiger partial charge >= 0.3 is 0 Å². The van der Waals surface area contributed by atoms with Crippen LogP contribution in [-0.4, -0.2) is 26.7 Å². The van der Waals surface area contributed by atoms with Gasteiger partial charge in [0.2, 0.25) is 0 Å². The Morgan fingerprint density at radius 2 is 2.00 bits per heavy atom. The smallest absolute Gasteiger partial charge is 0.0885 e. The topological polar surface area (TPSA) is 77.0 Å². The number of nitrogen functional groups attached to an aromatic ring is 1. The van der Waals surface area contributed by atoms with E-state index in [9.17, 15) is 0 Å². The number of nitrogens with two attached hydrogens (primary N) is 1. The number of aryl methyl sites for hydroxylation is 1. The van der Waals surface area contributed by atoms with Gasteiger partial charge in [0.15, 0.2) is 0 Å². The number of anilines is 1. The zero-order valence-corrected chi connectivity index (χ0v) is 8.87. The van der Waals surface area contributed by atoms with Crippen LogP contribution in [0.3, 0.4) is 0 Å². The van der Waals surface area contributed by atoms with E-state index in [1.54, 1.807) is 10.9 Å². The zero-order valence-electron chi connectivity index (χ0n) is 8.87. The van der Waals surface area contributed by atoms with Gasteiger partial charge in [-0.25, -0.2) is 4.68 Å². The summed E-state index contributed by atoms with van der Waals surface area (Å²) in [5, 5.41) is 16.6. The summed E-state index contributed by atoms with van der Waals surface area (Å²) < 4.78 is 1.78. The number of rotatable bonds is 4. The van der Waals surface area contributed by atoms with Gasteiger partial charge in [0.25, 0.3) is 0 Å². The van der Waals surface area contributed by atoms with Gasteiger partial charge in [0, 0.05) is 24.4 Å². The number of hydrogen-bond acceptors (Lipinski definition) is 4. The fraction of sp³-hybridized carbons (Fsp3) is 0.273. The monoisotopic (exact) mass is 218 g/mol. The fourth-order valence-corrected chi connectivity index (χ4v) is 1.52. The van der Waals surface area contributed by atoms with Crippen LogP contribution in [0.4, 0.5) is 5.69 Å². The molecule has 0 unspecified atom stereocenters. The van der Waals surface area contributed by atoms with Crippen LogP contribution in [-0.2, 0) is 6.54 Å². The largest absolute Gasteiger partial charge is 0.399 e. The van der Waals surface area contributed by atoms with Crippen molar-refractivity contribution in [3.8, 4) is 11.3 Å². The van der Waals surface area contributed by atoms with Gasteiger partial charge in [0.05, 0.1) is 11.9 Å². The van der Waals surface area contributed by atoms with E-state index in [1.165, 1.54) is 0 Å². The molecule has 1 aromatic heterocycles. The van der Waals surface area contributed by atoms with Gasteiger partial charge < -0.3 is 10.8 Å². The Balaban J connectivity index is 2.26. The number of aromatic nitrogens is 3. The van der Waals surface area contributed by atoms with Crippen LogP contribution in [0.2, 0.25) is 0 Å². The van der Waals surface area contributed by atoms with Crippen LogP contribution < -0.4 is 5.73 Å². The third-order valence-corrected chi connectivity index (χ3v) is 2.35. The van der Waals surface area contributed by atoms with Gasteiger partial charge in [-0.05, 0) is 18.6 Å². The van der Waals surface area contributed by atoms with Crippen molar-refractivity contribution in [1.29, 1.82) is 0 Å². The molecule has 84 valence electrons. The number of aliphatic hydroxyl groups is 1. The summed E-state index contributed by atoms with van der Waals surface area (Å²) >= 11 is 0. The van der Waals surface area contributed by atoms with Crippen molar-refractivity contribution in [2.24, 2.45) is 0 Å². The lowest BCUT2D eigenvalue weighted by molar-refractivity contribution is 0.276. The van der Waals surface area contributed by atoms with Gasteiger partial charge in [0.1, 0.15) is 0 Å². The molecule has 2 aromatic rings. The Morgan fingerprint density at radius 3 is 2.69 bits per heavy atom. The highest BCUT2D eigenvalue weighted by atomic mass is 16.3. The van der Waals surface area contributed by atoms with Crippen LogP contribution in [0, 0.1) is 0 Å². The molecule has 1 aromatic carbocycles. The van der Waals surface area contributed by atoms with E-state index in [1.807, 2.05) is 24.3 Å². The minimum Gasteiger partial charge on any atom is -0.399 e. The molecule has 3 N–H and O–H groups in total. The minimum atomic E-state index is 0.154. The van der Waals surface area contributed by atoms with Gasteiger partial charge in [-0.15, -0.1) is 5.10 Å². The van der Waals surface area contributed by atoms with Crippen molar-refractivity contribution in [3.63, 3.8) is 0 Å². The molecule has 0 spiro atoms. The van der Waals surface area contributed by atoms with Crippen molar-refractivity contribution in [2.75, 3.05) is 12.3 Å². The molecule has 0 saturated carbocycles. The van der Waals surface area contributed by atoms with Gasteiger partial charge in [-0.3, -0.25) is 0 Å². The summed E-state index contributed by atoms with van der Waals surface area (Å²) in [5.41, 5.74) is 8.33. The van der Waals surface area contributed by atoms with Crippen LogP contribution >= 0.6 is 0 Å². The molecule has 5 heteroatoms. The Morgan fingerprint density at radius 1 is 1.25 bits per heavy atom. The normalized spacial score (nSPS) is 10.6. The van der Waals surface area contributed by atoms with E-state index in [0.29, 0.717) is 13.0 Å². The van der Waals surface area contributed by atoms with E-state index < -0.39 is 0 Å². The average molecular weight is 218 g/mol. The molecule has 16 heavy (non-hydrogen) atoms. The van der Waals surface area contributed by atoms with Crippen molar-refractivity contribution in [1.82, 2.24) is 15.0 Å². The highest BCUT2D eigenvalue weighted by Crippen LogP contribution is 2.19. The first kappa shape index (κ1) is 10.6. The van der Waals surface area contributed by atoms with Crippen LogP contribution in [0.1, 0.15) is 6.42 Å². The second-order valence-corrected chi connectivity index (χ2v) is 3.54. The molecular formula is C11H14N4O. The maximum absolute atomic E-state index is 8.78. The first-order valence-corrected chi connectivity index (χ1v) is 5.16. The van der Waals surface area contributed by atoms with Crippen molar-refractivity contribution >= 4 is 5.69 Å². The van der Waals surface area contributed by atoms with Crippen LogP contribution in [0.15, 0.2) is 30.5 Å². The minimum absolute atomic E-state index is 0.154. The number of hydrogen-bond donors (Lipinski definition) is 2. The summed E-state index contributed by atoms with van der Waals surface area (Å²) in [6.45, 7) is 0.817. The summed E-state index contributed by atoms with van der Waals surface area (Å²) in [6, 6.07) is 7.56. The molecule has 0 aliphatic heterocycles. The summed E-state index contributed by atoms with van der Waals surface area (Å²) in [6.07, 6.45) is 2.38. The van der Waals surface area contributed by atoms with E-state index in [0.717, 1.165) is 16.9 Å². The third-order valence-electron chi connectivity index (χ3n) is 2.35. The highest BCUT2D eigenvalue weighted by molar-refractivity contribution is 5.61. The fourth-order valence-electron chi connectivity index (χ4n) is 1.52. The molecule has 2 rings (SSSR count). The zero-order chi connectivity index (χ0) is 11.4. The first-order valence-electron chi connectivity index (χ1n) is 5.16. The van der Waals surface area contributed by atoms with E-state index >= 15 is 0 Å². The molecule has 0 saturated heterocycles. The summed E-state index contributed by atoms with van der Waals surface area (Å²) in [5.74, 6) is 0. The van der Waals surface area contributed by atoms with E-state index in [-0.39, 0.29) is 6.61 Å². The molecule has 1 heterocycles. The molecule has 0 aliphatic carbocycles. The van der Waals surface area contributed by atoms with Gasteiger partial charge in [-0.1, -0.05) is 17.3 Å². The lowest BCUT2D eigenvalue weighted by atomic mass is 10.1. The van der Waals surface area contributed by atoms with Crippen LogP contribution in [0.25, 0.3) is 11.3 Å². The highest BCUT2D eigenvalue weighted by Gasteiger charge is 2.05. The summed E-state index contributed by atoms with van der Waals surface area (Å²) in [4.78, 5) is 0. The SMILES string of the molecule is Nc1ccc(-c2cnnn2CCCO)cc1. The summed E-state index contributed by atoms with van der Waals surface area (Å²) in [7, 11) is 0. The second kappa shape index (κ2) is 4.76. The lowest BCUT2D eigenvalue weighted by Gasteiger charge is -2.05. The van der Waals surface area contributed by atoms with E-state index in [2.05, 4.69) is 10.3 Å². The van der Waals surface area contributed by atoms with Crippen molar-refractivity contribution < 1.29 is 5.11 Å². The Labute approximate surface area is 93.5 Å². The van der Waals surface area contributed by atoms with Gasteiger partial charge in [-0.2, -0.15) is 0 Å². The third kappa shape index (κ3) is 2.20. The van der Waals surface area contributed by atoms with Crippen molar-refractivity contribution in [3.05, 3.63) is 30.5 Å². The molecule has 0 aliphatic rings. The molecule has 0 bridgehead atoms. The quantitative estimate of drug-likeness (QED) is 0.748. The lowest BCUT2D eigenvalue weighted by Crippen LogP contribution is -2.04. The Hall–Kier alpha value is -1.88. The molecule has 0 atom stereocenters. The number of benzene rings is 1. The number of nitrogens with zero attached hydrogens (tertiary/aromatic N) is 3. The Bertz CT molecular complexity index is 449. The Kier molecular flexibility index (Phi) is 3.16. The molecule has 0 amide bonds. The standard InChI is InChI=1S/C11H14N4O/c12-10-4-2-9(3-5-10)11-8-13-14-15(11)6-1-7-16/h2-5,8,16H,1,6-7,12H2. The second-order valence-electron chi connectivity index (χ2n) is 3.54. The first-order chi connectivity index (χ1) is 7.81. The predicted octanol–water partition coefficient (Wildman–Crippen LogP) is 0.910. The molecule has 0 fully saturated rings. The maximum atomic E-state index is 8.78. The van der Waals surface area contributed by atoms with Crippen molar-refractivity contribution in [2.45, 2.75) is 13.0 Å².